The van der Waals surface area contributed by atoms with Crippen LogP contribution in [0.15, 0.2) is 12.3 Å². The molecule has 0 saturated heterocycles. The number of unbranched alkanes of at least 4 members (excludes halogenated alkanes) is 2. The van der Waals surface area contributed by atoms with E-state index in [1.54, 1.807) is 0 Å². The van der Waals surface area contributed by atoms with E-state index < -0.39 is 5.97 Å². The quantitative estimate of drug-likeness (QED) is 0.275. The van der Waals surface area contributed by atoms with Crippen molar-refractivity contribution < 1.29 is 14.3 Å². The summed E-state index contributed by atoms with van der Waals surface area (Å²) in [6.45, 7) is 3.38. The van der Waals surface area contributed by atoms with Crippen LogP contribution in [0.25, 0.3) is 0 Å². The van der Waals surface area contributed by atoms with Crippen molar-refractivity contribution in [1.29, 1.82) is 0 Å². The topological polar surface area (TPSA) is 43.4 Å². The van der Waals surface area contributed by atoms with E-state index in [4.69, 9.17) is 0 Å². The number of ether oxygens (including phenoxy) is 1. The van der Waals surface area contributed by atoms with Gasteiger partial charge in [0.1, 0.15) is 0 Å². The highest BCUT2D eigenvalue weighted by atomic mass is 16.5. The Kier molecular flexibility index (Phi) is 6.88. The van der Waals surface area contributed by atoms with Crippen molar-refractivity contribution in [2.24, 2.45) is 0 Å². The van der Waals surface area contributed by atoms with Crippen molar-refractivity contribution in [3.8, 4) is 0 Å². The predicted octanol–water partition coefficient (Wildman–Crippen LogP) is 2.21. The SMILES string of the molecule is CCCCCC(=O)/C=C\OC(C)=O. The molecular formula is C10H16O3. The maximum Gasteiger partial charge on any atom is 0.307 e. The first-order chi connectivity index (χ1) is 6.16. The van der Waals surface area contributed by atoms with Crippen LogP contribution in [-0.4, -0.2) is 11.8 Å². The first-order valence-corrected chi connectivity index (χ1v) is 4.53. The van der Waals surface area contributed by atoms with E-state index in [-0.39, 0.29) is 5.78 Å². The summed E-state index contributed by atoms with van der Waals surface area (Å²) in [7, 11) is 0. The number of carbonyl (C=O) groups excluding carboxylic acids is 2. The summed E-state index contributed by atoms with van der Waals surface area (Å²) in [6.07, 6.45) is 6.05. The first kappa shape index (κ1) is 11.9. The van der Waals surface area contributed by atoms with Crippen LogP contribution in [0.2, 0.25) is 0 Å². The monoisotopic (exact) mass is 184 g/mol. The van der Waals surface area contributed by atoms with Crippen LogP contribution >= 0.6 is 0 Å². The summed E-state index contributed by atoms with van der Waals surface area (Å²) in [5.41, 5.74) is 0. The van der Waals surface area contributed by atoms with Gasteiger partial charge in [0, 0.05) is 19.4 Å². The summed E-state index contributed by atoms with van der Waals surface area (Å²) >= 11 is 0. The Hall–Kier alpha value is -1.12. The number of carbonyl (C=O) groups is 2. The van der Waals surface area contributed by atoms with Crippen LogP contribution in [-0.2, 0) is 14.3 Å². The maximum absolute atomic E-state index is 11.0. The Bertz CT molecular complexity index is 194. The molecule has 74 valence electrons. The molecule has 0 aliphatic heterocycles. The average Bonchev–Trinajstić information content (AvgIpc) is 2.04. The molecule has 0 heterocycles. The number of esters is 1. The second-order valence-electron chi connectivity index (χ2n) is 2.84. The van der Waals surface area contributed by atoms with Crippen molar-refractivity contribution in [2.75, 3.05) is 0 Å². The Balaban J connectivity index is 3.49. The van der Waals surface area contributed by atoms with Gasteiger partial charge in [-0.3, -0.25) is 9.59 Å². The molecule has 0 rings (SSSR count). The second kappa shape index (κ2) is 7.53. The van der Waals surface area contributed by atoms with Gasteiger partial charge >= 0.3 is 5.97 Å². The van der Waals surface area contributed by atoms with Gasteiger partial charge in [0.2, 0.25) is 0 Å². The fraction of sp³-hybridized carbons (Fsp3) is 0.600. The first-order valence-electron chi connectivity index (χ1n) is 4.53. The Morgan fingerprint density at radius 3 is 2.54 bits per heavy atom. The summed E-state index contributed by atoms with van der Waals surface area (Å²) < 4.78 is 4.48. The van der Waals surface area contributed by atoms with Crippen LogP contribution < -0.4 is 0 Å². The van der Waals surface area contributed by atoms with Crippen LogP contribution in [0.1, 0.15) is 39.5 Å². The van der Waals surface area contributed by atoms with Gasteiger partial charge in [0.05, 0.1) is 6.26 Å². The van der Waals surface area contributed by atoms with Crippen molar-refractivity contribution in [2.45, 2.75) is 39.5 Å². The molecule has 3 nitrogen and oxygen atoms in total. The van der Waals surface area contributed by atoms with Gasteiger partial charge < -0.3 is 4.74 Å². The Labute approximate surface area is 78.8 Å². The van der Waals surface area contributed by atoms with Gasteiger partial charge in [-0.25, -0.2) is 0 Å². The van der Waals surface area contributed by atoms with Gasteiger partial charge in [-0.1, -0.05) is 19.8 Å². The molecule has 0 aromatic heterocycles. The van der Waals surface area contributed by atoms with Crippen LogP contribution in [0.5, 0.6) is 0 Å². The van der Waals surface area contributed by atoms with Crippen molar-refractivity contribution in [1.82, 2.24) is 0 Å². The minimum atomic E-state index is -0.405. The summed E-state index contributed by atoms with van der Waals surface area (Å²) in [5.74, 6) is -0.396. The minimum Gasteiger partial charge on any atom is -0.435 e. The smallest absolute Gasteiger partial charge is 0.307 e. The van der Waals surface area contributed by atoms with E-state index in [9.17, 15) is 9.59 Å². The molecule has 0 amide bonds. The van der Waals surface area contributed by atoms with Gasteiger partial charge in [-0.05, 0) is 6.42 Å². The molecular weight excluding hydrogens is 168 g/mol. The molecule has 0 aliphatic rings. The molecule has 0 atom stereocenters. The van der Waals surface area contributed by atoms with Crippen LogP contribution in [0.4, 0.5) is 0 Å². The minimum absolute atomic E-state index is 0.00898. The van der Waals surface area contributed by atoms with Crippen molar-refractivity contribution >= 4 is 11.8 Å². The Morgan fingerprint density at radius 1 is 1.31 bits per heavy atom. The highest BCUT2D eigenvalue weighted by molar-refractivity contribution is 5.89. The van der Waals surface area contributed by atoms with Gasteiger partial charge in [-0.2, -0.15) is 0 Å². The molecule has 0 fully saturated rings. The van der Waals surface area contributed by atoms with Crippen molar-refractivity contribution in [3.63, 3.8) is 0 Å². The summed E-state index contributed by atoms with van der Waals surface area (Å²) in [5, 5.41) is 0. The molecule has 13 heavy (non-hydrogen) atoms. The van der Waals surface area contributed by atoms with E-state index >= 15 is 0 Å². The number of ketones is 1. The fourth-order valence-corrected chi connectivity index (χ4v) is 0.838. The summed E-state index contributed by atoms with van der Waals surface area (Å²) in [4.78, 5) is 21.3. The molecule has 0 aliphatic carbocycles. The second-order valence-corrected chi connectivity index (χ2v) is 2.84. The predicted molar refractivity (Wildman–Crippen MR) is 50.1 cm³/mol. The third kappa shape index (κ3) is 8.79. The molecule has 0 radical (unpaired) electrons. The standard InChI is InChI=1S/C10H16O3/c1-3-4-5-6-10(12)7-8-13-9(2)11/h7-8H,3-6H2,1-2H3/b8-7-. The van der Waals surface area contributed by atoms with Crippen LogP contribution in [0, 0.1) is 0 Å². The molecule has 0 saturated carbocycles. The molecule has 0 aromatic rings. The average molecular weight is 184 g/mol. The molecule has 0 unspecified atom stereocenters. The van der Waals surface area contributed by atoms with E-state index in [0.29, 0.717) is 6.42 Å². The third-order valence-corrected chi connectivity index (χ3v) is 1.51. The van der Waals surface area contributed by atoms with E-state index in [1.807, 2.05) is 0 Å². The Morgan fingerprint density at radius 2 is 2.00 bits per heavy atom. The highest BCUT2D eigenvalue weighted by Crippen LogP contribution is 2.00. The number of rotatable bonds is 6. The normalized spacial score (nSPS) is 10.3. The molecule has 0 aromatic carbocycles. The zero-order valence-corrected chi connectivity index (χ0v) is 8.21. The van der Waals surface area contributed by atoms with Gasteiger partial charge in [-0.15, -0.1) is 0 Å². The molecule has 0 N–H and O–H groups in total. The van der Waals surface area contributed by atoms with Gasteiger partial charge in [0.15, 0.2) is 5.78 Å². The third-order valence-electron chi connectivity index (χ3n) is 1.51. The number of allylic oxidation sites excluding steroid dienone is 1. The van der Waals surface area contributed by atoms with Crippen molar-refractivity contribution in [3.05, 3.63) is 12.3 Å². The highest BCUT2D eigenvalue weighted by Gasteiger charge is 1.95. The fourth-order valence-electron chi connectivity index (χ4n) is 0.838. The zero-order valence-electron chi connectivity index (χ0n) is 8.21. The molecule has 0 spiro atoms. The largest absolute Gasteiger partial charge is 0.435 e. The lowest BCUT2D eigenvalue weighted by atomic mass is 10.1. The lowest BCUT2D eigenvalue weighted by Crippen LogP contribution is -1.95. The molecule has 3 heteroatoms. The lowest BCUT2D eigenvalue weighted by Gasteiger charge is -1.94. The maximum atomic E-state index is 11.0. The number of hydrogen-bond acceptors (Lipinski definition) is 3. The summed E-state index contributed by atoms with van der Waals surface area (Å²) in [6, 6.07) is 0. The van der Waals surface area contributed by atoms with E-state index in [0.717, 1.165) is 25.5 Å². The lowest BCUT2D eigenvalue weighted by molar-refractivity contribution is -0.135. The van der Waals surface area contributed by atoms with Crippen LogP contribution in [0.3, 0.4) is 0 Å². The van der Waals surface area contributed by atoms with E-state index in [1.165, 1.54) is 13.0 Å². The molecule has 0 bridgehead atoms. The van der Waals surface area contributed by atoms with Gasteiger partial charge in [0.25, 0.3) is 0 Å². The number of hydrogen-bond donors (Lipinski definition) is 0. The zero-order chi connectivity index (χ0) is 10.1. The van der Waals surface area contributed by atoms with E-state index in [2.05, 4.69) is 11.7 Å².